The van der Waals surface area contributed by atoms with Crippen LogP contribution in [0, 0.1) is 6.92 Å². The molecule has 1 N–H and O–H groups in total. The molecule has 0 unspecified atom stereocenters. The first-order valence-corrected chi connectivity index (χ1v) is 9.55. The Morgan fingerprint density at radius 1 is 1.04 bits per heavy atom. The van der Waals surface area contributed by atoms with Gasteiger partial charge in [-0.15, -0.1) is 0 Å². The molecule has 2 aromatic rings. The minimum absolute atomic E-state index is 0.0305. The van der Waals surface area contributed by atoms with E-state index >= 15 is 0 Å². The van der Waals surface area contributed by atoms with Gasteiger partial charge in [-0.3, -0.25) is 4.79 Å². The molecule has 4 nitrogen and oxygen atoms in total. The second-order valence-electron chi connectivity index (χ2n) is 7.66. The van der Waals surface area contributed by atoms with E-state index in [0.717, 1.165) is 43.1 Å². The van der Waals surface area contributed by atoms with E-state index in [1.807, 2.05) is 31.2 Å². The fourth-order valence-corrected chi connectivity index (χ4v) is 3.63. The minimum atomic E-state index is -0.0305. The fourth-order valence-electron chi connectivity index (χ4n) is 3.63. The molecule has 0 atom stereocenters. The van der Waals surface area contributed by atoms with E-state index in [1.165, 1.54) is 18.4 Å². The lowest BCUT2D eigenvalue weighted by molar-refractivity contribution is 0.102. The van der Waals surface area contributed by atoms with Gasteiger partial charge < -0.3 is 15.1 Å². The number of amides is 1. The Hall–Kier alpha value is -2.33. The van der Waals surface area contributed by atoms with Gasteiger partial charge in [0.2, 0.25) is 0 Å². The van der Waals surface area contributed by atoms with Crippen molar-refractivity contribution in [1.82, 2.24) is 4.90 Å². The number of carbonyl (C=O) groups excluding carboxylic acids is 1. The summed E-state index contributed by atoms with van der Waals surface area (Å²) < 4.78 is 0. The molecule has 0 aromatic heterocycles. The summed E-state index contributed by atoms with van der Waals surface area (Å²) >= 11 is 0. The highest BCUT2D eigenvalue weighted by Gasteiger charge is 2.26. The van der Waals surface area contributed by atoms with Crippen LogP contribution in [-0.4, -0.2) is 44.0 Å². The molecule has 26 heavy (non-hydrogen) atoms. The molecule has 0 spiro atoms. The molecule has 4 rings (SSSR count). The van der Waals surface area contributed by atoms with E-state index in [9.17, 15) is 4.79 Å². The maximum atomic E-state index is 12.8. The van der Waals surface area contributed by atoms with Crippen LogP contribution in [0.2, 0.25) is 0 Å². The Bertz CT molecular complexity index is 805. The van der Waals surface area contributed by atoms with Crippen LogP contribution in [0.4, 0.5) is 11.4 Å². The molecule has 1 heterocycles. The second-order valence-corrected chi connectivity index (χ2v) is 7.66. The van der Waals surface area contributed by atoms with Crippen molar-refractivity contribution in [2.45, 2.75) is 25.7 Å². The maximum absolute atomic E-state index is 12.8. The highest BCUT2D eigenvalue weighted by Crippen LogP contribution is 2.42. The van der Waals surface area contributed by atoms with Gasteiger partial charge in [-0.25, -0.2) is 0 Å². The Balaban J connectivity index is 1.61. The summed E-state index contributed by atoms with van der Waals surface area (Å²) in [6, 6.07) is 14.4. The van der Waals surface area contributed by atoms with Crippen molar-refractivity contribution in [3.63, 3.8) is 0 Å². The molecule has 0 bridgehead atoms. The normalized spacial score (nSPS) is 18.0. The first-order valence-electron chi connectivity index (χ1n) is 9.55. The number of nitrogens with zero attached hydrogens (tertiary/aromatic N) is 2. The smallest absolute Gasteiger partial charge is 0.255 e. The third kappa shape index (κ3) is 3.75. The average molecular weight is 349 g/mol. The highest BCUT2D eigenvalue weighted by molar-refractivity contribution is 6.06. The number of hydrogen-bond donors (Lipinski definition) is 1. The number of carbonyl (C=O) groups is 1. The number of benzene rings is 2. The monoisotopic (exact) mass is 349 g/mol. The summed E-state index contributed by atoms with van der Waals surface area (Å²) in [6.45, 7) is 6.10. The van der Waals surface area contributed by atoms with Crippen LogP contribution in [0.3, 0.4) is 0 Å². The quantitative estimate of drug-likeness (QED) is 0.910. The fraction of sp³-hybridized carbons (Fsp3) is 0.409. The molecule has 1 amide bonds. The van der Waals surface area contributed by atoms with Gasteiger partial charge in [-0.05, 0) is 62.6 Å². The van der Waals surface area contributed by atoms with Crippen LogP contribution >= 0.6 is 0 Å². The van der Waals surface area contributed by atoms with Crippen molar-refractivity contribution in [3.05, 3.63) is 59.2 Å². The van der Waals surface area contributed by atoms with Crippen molar-refractivity contribution in [1.29, 1.82) is 0 Å². The number of aryl methyl sites for hydroxylation is 1. The lowest BCUT2D eigenvalue weighted by Gasteiger charge is -2.35. The second kappa shape index (κ2) is 7.12. The Kier molecular flexibility index (Phi) is 4.68. The number of nitrogens with one attached hydrogen (secondary N) is 1. The van der Waals surface area contributed by atoms with Gasteiger partial charge in [0.15, 0.2) is 0 Å². The molecule has 136 valence electrons. The molecule has 2 aromatic carbocycles. The van der Waals surface area contributed by atoms with Crippen LogP contribution in [0.15, 0.2) is 42.5 Å². The van der Waals surface area contributed by atoms with Gasteiger partial charge in [-0.2, -0.15) is 0 Å². The standard InChI is InChI=1S/C22H27N3O/c1-16-4-3-5-19(14-16)22(26)23-20-15-18(17-6-7-17)8-9-21(20)25-12-10-24(2)11-13-25/h3-5,8-9,14-15,17H,6-7,10-13H2,1-2H3,(H,23,26). The van der Waals surface area contributed by atoms with Crippen LogP contribution in [0.5, 0.6) is 0 Å². The molecule has 1 saturated carbocycles. The zero-order valence-corrected chi connectivity index (χ0v) is 15.7. The molecule has 1 aliphatic heterocycles. The molecular weight excluding hydrogens is 322 g/mol. The Morgan fingerprint density at radius 3 is 2.50 bits per heavy atom. The van der Waals surface area contributed by atoms with Gasteiger partial charge in [0.1, 0.15) is 0 Å². The average Bonchev–Trinajstić information content (AvgIpc) is 3.48. The Labute approximate surface area is 155 Å². The van der Waals surface area contributed by atoms with Gasteiger partial charge in [0.25, 0.3) is 5.91 Å². The SMILES string of the molecule is Cc1cccc(C(=O)Nc2cc(C3CC3)ccc2N2CCN(C)CC2)c1. The van der Waals surface area contributed by atoms with E-state index in [1.54, 1.807) is 0 Å². The third-order valence-corrected chi connectivity index (χ3v) is 5.44. The number of anilines is 2. The third-order valence-electron chi connectivity index (χ3n) is 5.44. The van der Waals surface area contributed by atoms with E-state index < -0.39 is 0 Å². The molecule has 1 aliphatic carbocycles. The summed E-state index contributed by atoms with van der Waals surface area (Å²) in [5.74, 6) is 0.642. The minimum Gasteiger partial charge on any atom is -0.367 e. The molecule has 4 heteroatoms. The summed E-state index contributed by atoms with van der Waals surface area (Å²) in [6.07, 6.45) is 2.53. The summed E-state index contributed by atoms with van der Waals surface area (Å²) in [5.41, 5.74) is 5.26. The first kappa shape index (κ1) is 17.1. The van der Waals surface area contributed by atoms with Crippen LogP contribution in [0.25, 0.3) is 0 Å². The maximum Gasteiger partial charge on any atom is 0.255 e. The van der Waals surface area contributed by atoms with Crippen LogP contribution < -0.4 is 10.2 Å². The molecule has 1 saturated heterocycles. The predicted octanol–water partition coefficient (Wildman–Crippen LogP) is 3.88. The number of hydrogen-bond acceptors (Lipinski definition) is 3. The van der Waals surface area contributed by atoms with Crippen molar-refractivity contribution in [2.24, 2.45) is 0 Å². The van der Waals surface area contributed by atoms with Gasteiger partial charge in [-0.1, -0.05) is 23.8 Å². The van der Waals surface area contributed by atoms with Gasteiger partial charge in [0, 0.05) is 31.7 Å². The number of rotatable bonds is 4. The van der Waals surface area contributed by atoms with Gasteiger partial charge >= 0.3 is 0 Å². The highest BCUT2D eigenvalue weighted by atomic mass is 16.1. The molecule has 2 aliphatic rings. The first-order chi connectivity index (χ1) is 12.6. The van der Waals surface area contributed by atoms with Crippen LogP contribution in [0.1, 0.15) is 40.2 Å². The van der Waals surface area contributed by atoms with Crippen molar-refractivity contribution in [2.75, 3.05) is 43.4 Å². The number of likely N-dealkylation sites (N-methyl/N-ethyl adjacent to an activating group) is 1. The van der Waals surface area contributed by atoms with Crippen molar-refractivity contribution in [3.8, 4) is 0 Å². The largest absolute Gasteiger partial charge is 0.367 e. The zero-order valence-electron chi connectivity index (χ0n) is 15.7. The number of piperazine rings is 1. The topological polar surface area (TPSA) is 35.6 Å². The zero-order chi connectivity index (χ0) is 18.1. The van der Waals surface area contributed by atoms with E-state index in [2.05, 4.69) is 40.4 Å². The van der Waals surface area contributed by atoms with Crippen molar-refractivity contribution < 1.29 is 4.79 Å². The van der Waals surface area contributed by atoms with E-state index in [4.69, 9.17) is 0 Å². The van der Waals surface area contributed by atoms with E-state index in [-0.39, 0.29) is 5.91 Å². The summed E-state index contributed by atoms with van der Waals surface area (Å²) in [7, 11) is 2.16. The van der Waals surface area contributed by atoms with E-state index in [0.29, 0.717) is 11.5 Å². The lowest BCUT2D eigenvalue weighted by Crippen LogP contribution is -2.44. The summed E-state index contributed by atoms with van der Waals surface area (Å²) in [4.78, 5) is 17.6. The molecule has 2 fully saturated rings. The Morgan fingerprint density at radius 2 is 1.81 bits per heavy atom. The molecular formula is C22H27N3O. The summed E-state index contributed by atoms with van der Waals surface area (Å²) in [5, 5.41) is 3.19. The van der Waals surface area contributed by atoms with Gasteiger partial charge in [0.05, 0.1) is 11.4 Å². The predicted molar refractivity (Wildman–Crippen MR) is 107 cm³/mol. The van der Waals surface area contributed by atoms with Crippen LogP contribution in [-0.2, 0) is 0 Å². The lowest BCUT2D eigenvalue weighted by atomic mass is 10.1. The molecule has 0 radical (unpaired) electrons. The van der Waals surface area contributed by atoms with Crippen molar-refractivity contribution >= 4 is 17.3 Å².